The Kier molecular flexibility index (Phi) is 5.48. The van der Waals surface area contributed by atoms with Gasteiger partial charge in [0.2, 0.25) is 0 Å². The second-order valence-corrected chi connectivity index (χ2v) is 9.45. The number of piperidine rings is 1. The van der Waals surface area contributed by atoms with Gasteiger partial charge in [0, 0.05) is 36.6 Å². The smallest absolute Gasteiger partial charge is 0.273 e. The minimum atomic E-state index is 0.00638. The first-order valence-electron chi connectivity index (χ1n) is 8.56. The highest BCUT2D eigenvalue weighted by atomic mass is 32.2. The van der Waals surface area contributed by atoms with Crippen LogP contribution in [0.2, 0.25) is 0 Å². The molecule has 1 aliphatic rings. The molecule has 0 radical (unpaired) electrons. The fraction of sp³-hybridized carbons (Fsp3) is 0.647. The first-order chi connectivity index (χ1) is 11.9. The zero-order valence-electron chi connectivity index (χ0n) is 15.2. The number of likely N-dealkylation sites (tertiary alicyclic amines) is 1. The number of thioether (sulfide) groups is 1. The van der Waals surface area contributed by atoms with Crippen LogP contribution in [0.1, 0.15) is 49.8 Å². The van der Waals surface area contributed by atoms with Crippen LogP contribution in [-0.4, -0.2) is 50.1 Å². The van der Waals surface area contributed by atoms with Crippen molar-refractivity contribution in [2.75, 3.05) is 19.3 Å². The normalized spacial score (nSPS) is 18.6. The molecule has 0 bridgehead atoms. The van der Waals surface area contributed by atoms with Gasteiger partial charge in [0.05, 0.1) is 5.69 Å². The summed E-state index contributed by atoms with van der Waals surface area (Å²) in [6.07, 6.45) is 6.15. The minimum absolute atomic E-state index is 0.00638. The van der Waals surface area contributed by atoms with E-state index in [4.69, 9.17) is 0 Å². The molecule has 0 saturated carbocycles. The van der Waals surface area contributed by atoms with Crippen molar-refractivity contribution in [1.29, 1.82) is 0 Å². The van der Waals surface area contributed by atoms with Gasteiger partial charge in [-0.2, -0.15) is 0 Å². The molecule has 6 nitrogen and oxygen atoms in total. The summed E-state index contributed by atoms with van der Waals surface area (Å²) in [4.78, 5) is 19.0. The second-order valence-electron chi connectivity index (χ2n) is 7.54. The third-order valence-corrected chi connectivity index (χ3v) is 6.30. The zero-order valence-corrected chi connectivity index (χ0v) is 16.9. The fourth-order valence-corrected chi connectivity index (χ4v) is 4.24. The summed E-state index contributed by atoms with van der Waals surface area (Å²) in [6, 6.07) is 0. The van der Waals surface area contributed by atoms with Crippen LogP contribution < -0.4 is 0 Å². The van der Waals surface area contributed by atoms with Crippen LogP contribution in [0.3, 0.4) is 0 Å². The molecule has 1 atom stereocenters. The molecule has 136 valence electrons. The fourth-order valence-electron chi connectivity index (χ4n) is 3.01. The van der Waals surface area contributed by atoms with Gasteiger partial charge >= 0.3 is 0 Å². The molecule has 3 heterocycles. The predicted molar refractivity (Wildman–Crippen MR) is 101 cm³/mol. The van der Waals surface area contributed by atoms with E-state index in [-0.39, 0.29) is 11.3 Å². The van der Waals surface area contributed by atoms with Crippen molar-refractivity contribution in [1.82, 2.24) is 24.9 Å². The van der Waals surface area contributed by atoms with E-state index in [0.717, 1.165) is 42.5 Å². The lowest BCUT2D eigenvalue weighted by molar-refractivity contribution is 0.0653. The quantitative estimate of drug-likeness (QED) is 0.763. The van der Waals surface area contributed by atoms with Crippen molar-refractivity contribution in [3.8, 4) is 0 Å². The molecule has 0 aliphatic carbocycles. The van der Waals surface area contributed by atoms with E-state index in [2.05, 4.69) is 36.1 Å². The van der Waals surface area contributed by atoms with E-state index >= 15 is 0 Å². The van der Waals surface area contributed by atoms with Gasteiger partial charge in [0.25, 0.3) is 5.91 Å². The average molecular weight is 380 g/mol. The van der Waals surface area contributed by atoms with Crippen molar-refractivity contribution < 1.29 is 4.79 Å². The molecule has 1 saturated heterocycles. The molecule has 3 rings (SSSR count). The van der Waals surface area contributed by atoms with Crippen LogP contribution in [0.4, 0.5) is 0 Å². The van der Waals surface area contributed by atoms with Gasteiger partial charge in [-0.1, -0.05) is 37.7 Å². The molecule has 25 heavy (non-hydrogen) atoms. The summed E-state index contributed by atoms with van der Waals surface area (Å²) >= 11 is 3.11. The number of rotatable bonds is 4. The van der Waals surface area contributed by atoms with Crippen molar-refractivity contribution in [2.24, 2.45) is 5.92 Å². The largest absolute Gasteiger partial charge is 0.337 e. The molecule has 0 aromatic carbocycles. The topological polar surface area (TPSA) is 63.9 Å². The number of nitrogens with zero attached hydrogens (tertiary/aromatic N) is 5. The summed E-state index contributed by atoms with van der Waals surface area (Å²) in [5, 5.41) is 10.4. The first kappa shape index (κ1) is 18.4. The highest BCUT2D eigenvalue weighted by Gasteiger charge is 2.27. The maximum Gasteiger partial charge on any atom is 0.273 e. The first-order valence-corrected chi connectivity index (χ1v) is 10.7. The lowest BCUT2D eigenvalue weighted by Crippen LogP contribution is -2.41. The van der Waals surface area contributed by atoms with Gasteiger partial charge < -0.3 is 4.90 Å². The molecule has 0 spiro atoms. The minimum Gasteiger partial charge on any atom is -0.337 e. The summed E-state index contributed by atoms with van der Waals surface area (Å²) in [5.74, 6) is 0.459. The van der Waals surface area contributed by atoms with E-state index < -0.39 is 0 Å². The molecular formula is C17H25N5OS2. The molecule has 1 amide bonds. The van der Waals surface area contributed by atoms with E-state index in [0.29, 0.717) is 11.6 Å². The maximum atomic E-state index is 12.7. The molecule has 8 heteroatoms. The van der Waals surface area contributed by atoms with Gasteiger partial charge in [0.15, 0.2) is 0 Å². The number of thiazole rings is 1. The molecule has 2 aromatic heterocycles. The highest BCUT2D eigenvalue weighted by molar-refractivity contribution is 8.00. The lowest BCUT2D eigenvalue weighted by Gasteiger charge is -2.32. The van der Waals surface area contributed by atoms with Crippen LogP contribution in [0, 0.1) is 5.92 Å². The van der Waals surface area contributed by atoms with E-state index in [1.165, 1.54) is 11.3 Å². The molecule has 1 fully saturated rings. The Balaban J connectivity index is 1.63. The molecule has 2 aromatic rings. The van der Waals surface area contributed by atoms with Crippen molar-refractivity contribution in [2.45, 2.75) is 49.9 Å². The standard InChI is InChI=1S/C17H25N5OS2/c1-17(2,3)14-10-22(20-19-14)9-12-6-5-7-21(8-12)15(23)13-11-25-16(18-13)24-4/h10-12H,5-9H2,1-4H3/t12-/m1/s1. The predicted octanol–water partition coefficient (Wildman–Crippen LogP) is 3.31. The zero-order chi connectivity index (χ0) is 18.0. The Morgan fingerprint density at radius 1 is 1.44 bits per heavy atom. The van der Waals surface area contributed by atoms with Gasteiger partial charge in [-0.15, -0.1) is 16.4 Å². The average Bonchev–Trinajstić information content (AvgIpc) is 3.23. The molecule has 0 N–H and O–H groups in total. The van der Waals surface area contributed by atoms with Gasteiger partial charge in [-0.05, 0) is 25.0 Å². The Morgan fingerprint density at radius 2 is 2.24 bits per heavy atom. The highest BCUT2D eigenvalue weighted by Crippen LogP contribution is 2.24. The number of hydrogen-bond donors (Lipinski definition) is 0. The van der Waals surface area contributed by atoms with E-state index in [1.54, 1.807) is 11.8 Å². The molecule has 1 aliphatic heterocycles. The van der Waals surface area contributed by atoms with Crippen LogP contribution >= 0.6 is 23.1 Å². The number of amides is 1. The Morgan fingerprint density at radius 3 is 2.88 bits per heavy atom. The summed E-state index contributed by atoms with van der Waals surface area (Å²) in [6.45, 7) is 8.79. The van der Waals surface area contributed by atoms with Gasteiger partial charge in [-0.25, -0.2) is 4.98 Å². The lowest BCUT2D eigenvalue weighted by atomic mass is 9.93. The van der Waals surface area contributed by atoms with Crippen LogP contribution in [-0.2, 0) is 12.0 Å². The number of hydrogen-bond acceptors (Lipinski definition) is 6. The summed E-state index contributed by atoms with van der Waals surface area (Å²) < 4.78 is 2.86. The van der Waals surface area contributed by atoms with Crippen molar-refractivity contribution in [3.05, 3.63) is 23.0 Å². The van der Waals surface area contributed by atoms with Crippen LogP contribution in [0.15, 0.2) is 15.9 Å². The third kappa shape index (κ3) is 4.41. The SMILES string of the molecule is CSc1nc(C(=O)N2CCC[C@@H](Cn3cc(C(C)(C)C)nn3)C2)cs1. The van der Waals surface area contributed by atoms with Crippen LogP contribution in [0.5, 0.6) is 0 Å². The Bertz CT molecular complexity index is 733. The maximum absolute atomic E-state index is 12.7. The van der Waals surface area contributed by atoms with E-state index in [1.807, 2.05) is 27.4 Å². The summed E-state index contributed by atoms with van der Waals surface area (Å²) in [7, 11) is 0. The summed E-state index contributed by atoms with van der Waals surface area (Å²) in [5.41, 5.74) is 1.58. The van der Waals surface area contributed by atoms with Crippen molar-refractivity contribution >= 4 is 29.0 Å². The number of carbonyl (C=O) groups excluding carboxylic acids is 1. The monoisotopic (exact) mass is 379 g/mol. The Labute approximate surface area is 157 Å². The number of carbonyl (C=O) groups is 1. The third-order valence-electron chi connectivity index (χ3n) is 4.44. The number of aromatic nitrogens is 4. The van der Waals surface area contributed by atoms with Gasteiger partial charge in [0.1, 0.15) is 10.0 Å². The molecule has 0 unspecified atom stereocenters. The van der Waals surface area contributed by atoms with E-state index in [9.17, 15) is 4.79 Å². The van der Waals surface area contributed by atoms with Gasteiger partial charge in [-0.3, -0.25) is 9.48 Å². The van der Waals surface area contributed by atoms with Crippen molar-refractivity contribution in [3.63, 3.8) is 0 Å². The Hall–Kier alpha value is -1.41. The second kappa shape index (κ2) is 7.45. The van der Waals surface area contributed by atoms with Crippen LogP contribution in [0.25, 0.3) is 0 Å². The molecular weight excluding hydrogens is 354 g/mol.